The number of hydrogen-bond donors (Lipinski definition) is 18. The summed E-state index contributed by atoms with van der Waals surface area (Å²) in [6, 6.07) is 4.94. The Morgan fingerprint density at radius 3 is 0.753 bits per heavy atom. The van der Waals surface area contributed by atoms with Crippen LogP contribution in [0.5, 0.6) is 11.5 Å². The van der Waals surface area contributed by atoms with E-state index in [4.69, 9.17) is 61.6 Å². The number of phenolic OH excluding ortho intramolecular Hbond substituents is 1. The van der Waals surface area contributed by atoms with Crippen molar-refractivity contribution in [3.63, 3.8) is 0 Å². The second kappa shape index (κ2) is 24.1. The number of phenols is 1. The molecule has 0 spiro atoms. The number of aromatic hydroxyl groups is 1. The molecule has 0 radical (unpaired) electrons. The zero-order valence-electron chi connectivity index (χ0n) is 38.2. The number of rotatable bonds is 8. The first kappa shape index (κ1) is 56.9. The molecular weight excluding hydrogens is 1000 g/mol. The number of benzene rings is 1. The second-order valence-electron chi connectivity index (χ2n) is 18.4. The van der Waals surface area contributed by atoms with Crippen molar-refractivity contribution in [2.45, 2.75) is 184 Å². The zero-order chi connectivity index (χ0) is 52.7. The van der Waals surface area contributed by atoms with E-state index in [0.717, 1.165) is 0 Å². The third-order valence-corrected chi connectivity index (χ3v) is 13.8. The lowest BCUT2D eigenvalue weighted by atomic mass is 9.94. The maximum atomic E-state index is 11.9. The van der Waals surface area contributed by atoms with E-state index in [1.165, 1.54) is 24.3 Å². The van der Waals surface area contributed by atoms with Crippen molar-refractivity contribution in [3.05, 3.63) is 24.3 Å². The molecular formula is C42H64O31. The van der Waals surface area contributed by atoms with Crippen LogP contribution in [-0.4, -0.2) is 316 Å². The fourth-order valence-electron chi connectivity index (χ4n) is 9.73. The standard InChI is InChI=1S/C42H64O31/c43-5-13-30-19(50)24(55)37(62-13)69-31-14(6-44)64-39(26(57)21(31)52)71-33-16(8-46)66-41(28(59)23(33)54)73-35-18(10-48)67-42(29(60)36(35)61-12-3-1-11(49)2-4-12)72-34-17(9-47)65-40(27(58)22(34)53)70-32-15(7-45)63-38(68-30)25(56)20(32)51/h1-4,13-60H,5-10H2/t13-,14-,15-,16-,17-,18-,19-,20-,21-,22-,23-,24-,25-,26-,27-,28-,29-,30-,31-,32-,33-,34-,35+,36-,37-,38-,39-,40-,41-,42-/m1/s1. The Hall–Kier alpha value is -2.34. The van der Waals surface area contributed by atoms with Gasteiger partial charge in [-0.2, -0.15) is 0 Å². The summed E-state index contributed by atoms with van der Waals surface area (Å²) in [5.74, 6) is -0.250. The lowest BCUT2D eigenvalue weighted by Gasteiger charge is -2.51. The molecule has 30 atom stereocenters. The molecule has 22 fully saturated rings. The highest BCUT2D eigenvalue weighted by atomic mass is 16.8. The van der Waals surface area contributed by atoms with Gasteiger partial charge < -0.3 is 153 Å². The van der Waals surface area contributed by atoms with Crippen LogP contribution in [0.1, 0.15) is 0 Å². The van der Waals surface area contributed by atoms with Crippen LogP contribution in [0.2, 0.25) is 0 Å². The van der Waals surface area contributed by atoms with Crippen molar-refractivity contribution in [2.75, 3.05) is 39.6 Å². The van der Waals surface area contributed by atoms with Gasteiger partial charge in [0.25, 0.3) is 0 Å². The smallest absolute Gasteiger partial charge is 0.188 e. The molecule has 0 aliphatic carbocycles. The van der Waals surface area contributed by atoms with E-state index in [1.54, 1.807) is 0 Å². The molecule has 18 N–H and O–H groups in total. The summed E-state index contributed by atoms with van der Waals surface area (Å²) in [6.07, 6.45) is -58.3. The molecule has 0 amide bonds. The number of aliphatic hydroxyl groups is 17. The maximum absolute atomic E-state index is 11.9. The van der Waals surface area contributed by atoms with E-state index in [-0.39, 0.29) is 11.5 Å². The van der Waals surface area contributed by atoms with Crippen molar-refractivity contribution in [1.82, 2.24) is 0 Å². The highest BCUT2D eigenvalue weighted by molar-refractivity contribution is 5.30. The predicted molar refractivity (Wildman–Crippen MR) is 222 cm³/mol. The monoisotopic (exact) mass is 1060 g/mol. The molecule has 22 saturated heterocycles. The summed E-state index contributed by atoms with van der Waals surface area (Å²) in [4.78, 5) is 0. The SMILES string of the molecule is OC[C@H]1O[C@@H]2O[C@H]3[C@H](O)[C@@H](O)[C@@H](O[C@H]4[C@H](O)[C@@H](O)[C@@H](O[C@H]5[C@H](O)[C@@H](O)[C@@H](O[C@H]6[C@H](O)[C@@H](O)[C@@H](O[C@H]7[C@H](O)[C@@H](O)[C@@H](O[C@@H]1[C@H](Oc1ccc(O)cc1)[C@H]2O)O[C@@H]7CO)O[C@@H]6CO)O[C@@H]5CO)O[C@@H]4CO)O[C@@H]3CO. The topological polar surface area (TPSA) is 484 Å². The van der Waals surface area contributed by atoms with Crippen LogP contribution in [0.4, 0.5) is 0 Å². The first-order chi connectivity index (χ1) is 34.9. The van der Waals surface area contributed by atoms with Gasteiger partial charge in [-0.25, -0.2) is 0 Å². The third kappa shape index (κ3) is 11.3. The molecule has 0 aromatic heterocycles. The molecule has 418 valence electrons. The Kier molecular flexibility index (Phi) is 18.8. The van der Waals surface area contributed by atoms with Gasteiger partial charge >= 0.3 is 0 Å². The summed E-state index contributed by atoms with van der Waals surface area (Å²) in [7, 11) is 0. The van der Waals surface area contributed by atoms with E-state index >= 15 is 0 Å². The van der Waals surface area contributed by atoms with Crippen molar-refractivity contribution < 1.29 is 153 Å². The van der Waals surface area contributed by atoms with Crippen molar-refractivity contribution >= 4 is 0 Å². The fourth-order valence-corrected chi connectivity index (χ4v) is 9.73. The van der Waals surface area contributed by atoms with E-state index in [1.807, 2.05) is 0 Å². The van der Waals surface area contributed by atoms with Gasteiger partial charge in [0, 0.05) is 0 Å². The molecule has 22 aliphatic rings. The lowest BCUT2D eigenvalue weighted by molar-refractivity contribution is -0.403. The molecule has 12 bridgehead atoms. The summed E-state index contributed by atoms with van der Waals surface area (Å²) in [5.41, 5.74) is 0. The van der Waals surface area contributed by atoms with E-state index < -0.39 is 224 Å². The highest BCUT2D eigenvalue weighted by Gasteiger charge is 2.59. The van der Waals surface area contributed by atoms with Gasteiger partial charge in [-0.05, 0) is 24.3 Å². The number of ether oxygens (including phenoxy) is 13. The molecule has 22 heterocycles. The third-order valence-electron chi connectivity index (χ3n) is 13.8. The summed E-state index contributed by atoms with van der Waals surface area (Å²) >= 11 is 0. The summed E-state index contributed by atoms with van der Waals surface area (Å²) < 4.78 is 75.5. The first-order valence-electron chi connectivity index (χ1n) is 23.3. The molecule has 31 nitrogen and oxygen atoms in total. The average Bonchev–Trinajstić information content (AvgIpc) is 3.38. The fraction of sp³-hybridized carbons (Fsp3) is 0.857. The maximum Gasteiger partial charge on any atom is 0.188 e. The van der Waals surface area contributed by atoms with Gasteiger partial charge in [-0.3, -0.25) is 0 Å². The quantitative estimate of drug-likeness (QED) is 0.115. The minimum Gasteiger partial charge on any atom is -0.508 e. The molecule has 1 aromatic carbocycles. The van der Waals surface area contributed by atoms with Crippen LogP contribution in [-0.2, 0) is 56.8 Å². The van der Waals surface area contributed by atoms with Crippen molar-refractivity contribution in [1.29, 1.82) is 0 Å². The molecule has 0 saturated carbocycles. The van der Waals surface area contributed by atoms with Gasteiger partial charge in [0.05, 0.1) is 39.6 Å². The Balaban J connectivity index is 1.13. The Morgan fingerprint density at radius 2 is 0.507 bits per heavy atom. The van der Waals surface area contributed by atoms with Crippen LogP contribution in [0, 0.1) is 0 Å². The highest BCUT2D eigenvalue weighted by Crippen LogP contribution is 2.39. The number of aliphatic hydroxyl groups excluding tert-OH is 17. The van der Waals surface area contributed by atoms with Crippen LogP contribution in [0.25, 0.3) is 0 Å². The molecule has 73 heavy (non-hydrogen) atoms. The molecule has 31 heteroatoms. The largest absolute Gasteiger partial charge is 0.508 e. The van der Waals surface area contributed by atoms with Crippen LogP contribution < -0.4 is 4.74 Å². The average molecular weight is 1060 g/mol. The summed E-state index contributed by atoms with van der Waals surface area (Å²) in [6.45, 7) is -6.02. The van der Waals surface area contributed by atoms with Gasteiger partial charge in [0.2, 0.25) is 0 Å². The number of hydrogen-bond acceptors (Lipinski definition) is 31. The van der Waals surface area contributed by atoms with Crippen LogP contribution in [0.3, 0.4) is 0 Å². The van der Waals surface area contributed by atoms with Gasteiger partial charge in [-0.15, -0.1) is 0 Å². The lowest BCUT2D eigenvalue weighted by Crippen LogP contribution is -2.69. The minimum absolute atomic E-state index is 0.0512. The van der Waals surface area contributed by atoms with Gasteiger partial charge in [-0.1, -0.05) is 0 Å². The summed E-state index contributed by atoms with van der Waals surface area (Å²) in [5, 5.41) is 198. The molecule has 0 unspecified atom stereocenters. The van der Waals surface area contributed by atoms with Gasteiger partial charge in [0.1, 0.15) is 152 Å². The molecule has 23 rings (SSSR count). The Morgan fingerprint density at radius 1 is 0.288 bits per heavy atom. The normalized spacial score (nSPS) is 51.1. The minimum atomic E-state index is -2.17. The molecule has 22 aliphatic heterocycles. The first-order valence-corrected chi connectivity index (χ1v) is 23.3. The van der Waals surface area contributed by atoms with E-state index in [9.17, 15) is 91.9 Å². The van der Waals surface area contributed by atoms with Crippen molar-refractivity contribution in [2.24, 2.45) is 0 Å². The zero-order valence-corrected chi connectivity index (χ0v) is 38.2. The van der Waals surface area contributed by atoms with E-state index in [0.29, 0.717) is 0 Å². The van der Waals surface area contributed by atoms with Crippen LogP contribution in [0.15, 0.2) is 24.3 Å². The Labute approximate surface area is 412 Å². The van der Waals surface area contributed by atoms with Gasteiger partial charge in [0.15, 0.2) is 43.8 Å². The predicted octanol–water partition coefficient (Wildman–Crippen LogP) is -11.3. The van der Waals surface area contributed by atoms with Crippen LogP contribution >= 0.6 is 0 Å². The molecule has 1 aromatic rings. The second-order valence-corrected chi connectivity index (χ2v) is 18.4. The van der Waals surface area contributed by atoms with Crippen molar-refractivity contribution in [3.8, 4) is 11.5 Å². The van der Waals surface area contributed by atoms with E-state index in [2.05, 4.69) is 0 Å². The Bertz CT molecular complexity index is 1860.